The predicted octanol–water partition coefficient (Wildman–Crippen LogP) is 2.41. The number of aromatic nitrogens is 2. The van der Waals surface area contributed by atoms with Gasteiger partial charge in [-0.25, -0.2) is 19.0 Å². The Morgan fingerprint density at radius 3 is 2.60 bits per heavy atom. The molecule has 3 aromatic rings. The molecule has 3 atom stereocenters. The van der Waals surface area contributed by atoms with Gasteiger partial charge in [-0.15, -0.1) is 23.1 Å². The number of β-lactam (4-membered cyclic amide) rings is 1. The molecule has 3 aliphatic heterocycles. The predicted molar refractivity (Wildman–Crippen MR) is 196 cm³/mol. The van der Waals surface area contributed by atoms with Crippen molar-refractivity contribution in [1.29, 1.82) is 0 Å². The number of benzene rings is 1. The van der Waals surface area contributed by atoms with Gasteiger partial charge in [0.25, 0.3) is 11.8 Å². The average Bonchev–Trinajstić information content (AvgIpc) is 3.68. The van der Waals surface area contributed by atoms with Crippen LogP contribution in [0.15, 0.2) is 38.7 Å². The summed E-state index contributed by atoms with van der Waals surface area (Å²) in [5.41, 5.74) is 5.41. The lowest BCUT2D eigenvalue weighted by Gasteiger charge is -2.49. The Hall–Kier alpha value is -4.72. The van der Waals surface area contributed by atoms with Gasteiger partial charge < -0.3 is 40.5 Å². The standard InChI is InChI=1S/C33H34ClFN8O8S2/c1-40(9-14-5-6-41(10-14)21-8-20-17(7-18(21)35)26(44)22(31(47)48)27(34)42(20)16-3-4-16)11-15-12-52-30-24(29(46)43(30)25(15)32(49)50)38-28(45)23(39-51-2)19-13-53-33(36)37-19/h7-8,13-14,16,24,30H,3-6,9-12H2,1-2H3,(H2,36,37)(H,38,45)(H,47,48)(H,49,50)/t14?,24-,30-/m1/s1. The second-order valence-corrected chi connectivity index (χ2v) is 15.7. The molecule has 0 spiro atoms. The van der Waals surface area contributed by atoms with Gasteiger partial charge in [0.05, 0.1) is 11.2 Å². The van der Waals surface area contributed by atoms with Gasteiger partial charge in [-0.1, -0.05) is 16.8 Å². The number of halogens is 2. The Morgan fingerprint density at radius 1 is 1.21 bits per heavy atom. The normalized spacial score (nSPS) is 21.6. The molecule has 1 aliphatic carbocycles. The number of carbonyl (C=O) groups excluding carboxylic acids is 2. The minimum absolute atomic E-state index is 0.0362. The number of fused-ring (bicyclic) bond motifs is 2. The van der Waals surface area contributed by atoms with Gasteiger partial charge in [-0.2, -0.15) is 0 Å². The highest BCUT2D eigenvalue weighted by Crippen LogP contribution is 2.42. The van der Waals surface area contributed by atoms with Crippen molar-refractivity contribution >= 4 is 85.9 Å². The first-order valence-corrected chi connectivity index (χ1v) is 18.9. The SMILES string of the molecule is CON=C(C(=O)N[C@@H]1C(=O)N2C(C(=O)O)=C(CN(C)CC3CCN(c4cc5c(cc4F)c(=O)c(C(=O)O)c(Cl)n5C4CC4)C3)CS[C@H]12)c1csc(N)n1. The molecule has 3 fully saturated rings. The highest BCUT2D eigenvalue weighted by atomic mass is 35.5. The average molecular weight is 789 g/mol. The van der Waals surface area contributed by atoms with Gasteiger partial charge in [-0.3, -0.25) is 19.3 Å². The third-order valence-electron chi connectivity index (χ3n) is 9.70. The molecular weight excluding hydrogens is 755 g/mol. The van der Waals surface area contributed by atoms with E-state index >= 15 is 4.39 Å². The van der Waals surface area contributed by atoms with Gasteiger partial charge in [0.1, 0.15) is 46.5 Å². The van der Waals surface area contributed by atoms with E-state index < -0.39 is 52.0 Å². The number of rotatable bonds is 12. The van der Waals surface area contributed by atoms with Crippen molar-refractivity contribution in [3.05, 3.63) is 61.2 Å². The Morgan fingerprint density at radius 2 is 1.96 bits per heavy atom. The van der Waals surface area contributed by atoms with Gasteiger partial charge in [-0.05, 0) is 49.9 Å². The molecule has 1 aromatic carbocycles. The van der Waals surface area contributed by atoms with Crippen molar-refractivity contribution in [3.63, 3.8) is 0 Å². The molecule has 0 radical (unpaired) electrons. The van der Waals surface area contributed by atoms with E-state index in [0.29, 0.717) is 42.9 Å². The second kappa shape index (κ2) is 14.3. The maximum absolute atomic E-state index is 15.6. The van der Waals surface area contributed by atoms with Crippen molar-refractivity contribution in [2.45, 2.75) is 36.7 Å². The molecule has 20 heteroatoms. The number of nitrogens with zero attached hydrogens (tertiary/aromatic N) is 6. The number of carboxylic acid groups (broad SMARTS) is 2. The number of carboxylic acids is 2. The summed E-state index contributed by atoms with van der Waals surface area (Å²) in [6, 6.07) is 1.61. The number of pyridine rings is 1. The third kappa shape index (κ3) is 6.70. The quantitative estimate of drug-likeness (QED) is 0.0900. The van der Waals surface area contributed by atoms with Crippen LogP contribution in [0.4, 0.5) is 15.2 Å². The number of thiazole rings is 1. The molecule has 4 aliphatic rings. The Bertz CT molecular complexity index is 2190. The van der Waals surface area contributed by atoms with Crippen LogP contribution in [0.5, 0.6) is 0 Å². The molecule has 2 amide bonds. The van der Waals surface area contributed by atoms with Crippen LogP contribution in [0.1, 0.15) is 41.4 Å². The molecule has 280 valence electrons. The number of aromatic carboxylic acids is 1. The largest absolute Gasteiger partial charge is 0.477 e. The van der Waals surface area contributed by atoms with Crippen molar-refractivity contribution in [1.82, 2.24) is 24.7 Å². The molecule has 0 bridgehead atoms. The number of hydrogen-bond acceptors (Lipinski definition) is 13. The fourth-order valence-corrected chi connectivity index (χ4v) is 9.52. The van der Waals surface area contributed by atoms with E-state index in [4.69, 9.17) is 22.2 Å². The molecule has 7 rings (SSSR count). The number of carbonyl (C=O) groups is 4. The number of likely N-dealkylation sites (N-methyl/N-ethyl adjacent to an activating group) is 1. The molecule has 2 aromatic heterocycles. The van der Waals surface area contributed by atoms with E-state index in [1.807, 2.05) is 16.8 Å². The summed E-state index contributed by atoms with van der Waals surface area (Å²) in [5.74, 6) is -4.26. The zero-order chi connectivity index (χ0) is 37.9. The van der Waals surface area contributed by atoms with Gasteiger partial charge in [0, 0.05) is 48.7 Å². The summed E-state index contributed by atoms with van der Waals surface area (Å²) < 4.78 is 17.2. The number of oxime groups is 1. The van der Waals surface area contributed by atoms with E-state index in [-0.39, 0.29) is 57.0 Å². The fraction of sp³-hybridized carbons (Fsp3) is 0.424. The minimum Gasteiger partial charge on any atom is -0.477 e. The Labute approximate surface area is 314 Å². The topological polar surface area (TPSA) is 213 Å². The van der Waals surface area contributed by atoms with E-state index in [1.165, 1.54) is 29.2 Å². The number of aliphatic carboxylic acids is 1. The van der Waals surface area contributed by atoms with E-state index in [2.05, 4.69) is 15.5 Å². The second-order valence-electron chi connectivity index (χ2n) is 13.3. The van der Waals surface area contributed by atoms with Crippen LogP contribution in [0.25, 0.3) is 10.9 Å². The van der Waals surface area contributed by atoms with Crippen LogP contribution in [-0.4, -0.2) is 117 Å². The maximum Gasteiger partial charge on any atom is 0.352 e. The smallest absolute Gasteiger partial charge is 0.352 e. The monoisotopic (exact) mass is 788 g/mol. The van der Waals surface area contributed by atoms with Crippen LogP contribution in [0.2, 0.25) is 5.15 Å². The summed E-state index contributed by atoms with van der Waals surface area (Å²) >= 11 is 8.88. The first kappa shape index (κ1) is 36.6. The number of amides is 2. The van der Waals surface area contributed by atoms with E-state index in [9.17, 15) is 34.2 Å². The van der Waals surface area contributed by atoms with Crippen molar-refractivity contribution in [2.75, 3.05) is 56.7 Å². The number of nitrogens with one attached hydrogen (secondary N) is 1. The minimum atomic E-state index is -1.46. The summed E-state index contributed by atoms with van der Waals surface area (Å²) in [5, 5.41) is 27.1. The number of anilines is 2. The number of thioether (sulfide) groups is 1. The van der Waals surface area contributed by atoms with Gasteiger partial charge in [0.2, 0.25) is 5.43 Å². The van der Waals surface area contributed by atoms with Gasteiger partial charge in [0.15, 0.2) is 10.8 Å². The van der Waals surface area contributed by atoms with Crippen LogP contribution >= 0.6 is 34.7 Å². The first-order valence-electron chi connectivity index (χ1n) is 16.6. The van der Waals surface area contributed by atoms with Gasteiger partial charge >= 0.3 is 11.9 Å². The van der Waals surface area contributed by atoms with Crippen molar-refractivity contribution in [2.24, 2.45) is 11.1 Å². The van der Waals surface area contributed by atoms with Crippen molar-refractivity contribution in [3.8, 4) is 0 Å². The molecule has 1 unspecified atom stereocenters. The van der Waals surface area contributed by atoms with E-state index in [0.717, 1.165) is 30.2 Å². The van der Waals surface area contributed by atoms with E-state index in [1.54, 1.807) is 10.6 Å². The number of nitrogen functional groups attached to an aromatic ring is 1. The lowest BCUT2D eigenvalue weighted by Crippen LogP contribution is -2.71. The molecule has 2 saturated heterocycles. The third-order valence-corrected chi connectivity index (χ3v) is 12.1. The lowest BCUT2D eigenvalue weighted by molar-refractivity contribution is -0.150. The van der Waals surface area contributed by atoms with Crippen LogP contribution in [0, 0.1) is 11.7 Å². The Kier molecular flexibility index (Phi) is 9.85. The zero-order valence-corrected chi connectivity index (χ0v) is 30.8. The maximum atomic E-state index is 15.6. The fourth-order valence-electron chi connectivity index (χ4n) is 7.24. The highest BCUT2D eigenvalue weighted by Gasteiger charge is 2.54. The summed E-state index contributed by atoms with van der Waals surface area (Å²) in [4.78, 5) is 77.6. The van der Waals surface area contributed by atoms with Crippen LogP contribution in [0.3, 0.4) is 0 Å². The number of nitrogens with two attached hydrogens (primary N) is 1. The van der Waals surface area contributed by atoms with Crippen LogP contribution in [-0.2, 0) is 19.2 Å². The highest BCUT2D eigenvalue weighted by molar-refractivity contribution is 8.00. The molecule has 53 heavy (non-hydrogen) atoms. The molecule has 5 heterocycles. The molecule has 1 saturated carbocycles. The summed E-state index contributed by atoms with van der Waals surface area (Å²) in [6.07, 6.45) is 2.24. The molecule has 5 N–H and O–H groups in total. The first-order chi connectivity index (χ1) is 25.3. The Balaban J connectivity index is 1.03. The molecular formula is C33H34ClFN8O8S2. The molecule has 16 nitrogen and oxygen atoms in total. The van der Waals surface area contributed by atoms with Crippen molar-refractivity contribution < 1.29 is 38.6 Å². The summed E-state index contributed by atoms with van der Waals surface area (Å²) in [7, 11) is 3.11. The lowest BCUT2D eigenvalue weighted by atomic mass is 10.0. The van der Waals surface area contributed by atoms with Crippen LogP contribution < -0.4 is 21.4 Å². The zero-order valence-electron chi connectivity index (χ0n) is 28.4. The number of hydrogen-bond donors (Lipinski definition) is 4. The summed E-state index contributed by atoms with van der Waals surface area (Å²) in [6.45, 7) is 1.82.